The molecule has 0 radical (unpaired) electrons. The van der Waals surface area contributed by atoms with Gasteiger partial charge in [0, 0.05) is 30.2 Å². The van der Waals surface area contributed by atoms with Gasteiger partial charge in [0.1, 0.15) is 0 Å². The van der Waals surface area contributed by atoms with Crippen LogP contribution >= 0.6 is 0 Å². The van der Waals surface area contributed by atoms with Crippen molar-refractivity contribution >= 4 is 5.91 Å². The number of benzene rings is 1. The highest BCUT2D eigenvalue weighted by molar-refractivity contribution is 5.94. The van der Waals surface area contributed by atoms with E-state index < -0.39 is 0 Å². The molecule has 1 amide bonds. The number of carbonyl (C=O) groups excluding carboxylic acids is 1. The zero-order valence-electron chi connectivity index (χ0n) is 13.9. The van der Waals surface area contributed by atoms with Crippen molar-refractivity contribution in [3.05, 3.63) is 35.9 Å². The maximum absolute atomic E-state index is 13.0. The highest BCUT2D eigenvalue weighted by atomic mass is 16.2. The normalized spacial score (nSPS) is 27.8. The van der Waals surface area contributed by atoms with Gasteiger partial charge in [0.25, 0.3) is 5.91 Å². The Bertz CT molecular complexity index is 487. The lowest BCUT2D eigenvalue weighted by atomic mass is 9.95. The minimum absolute atomic E-state index is 0.225. The second kappa shape index (κ2) is 6.82. The van der Waals surface area contributed by atoms with Crippen molar-refractivity contribution in [2.75, 3.05) is 13.6 Å². The Morgan fingerprint density at radius 1 is 1.18 bits per heavy atom. The van der Waals surface area contributed by atoms with Gasteiger partial charge in [-0.3, -0.25) is 4.79 Å². The number of nitrogens with zero attached hydrogens (tertiary/aromatic N) is 2. The number of rotatable bonds is 5. The van der Waals surface area contributed by atoms with E-state index in [1.54, 1.807) is 0 Å². The minimum atomic E-state index is 0.225. The molecule has 1 aromatic rings. The van der Waals surface area contributed by atoms with Gasteiger partial charge in [-0.05, 0) is 51.3 Å². The predicted octanol–water partition coefficient (Wildman–Crippen LogP) is 3.55. The molecule has 3 nitrogen and oxygen atoms in total. The van der Waals surface area contributed by atoms with Crippen molar-refractivity contribution in [2.45, 2.75) is 63.6 Å². The quantitative estimate of drug-likeness (QED) is 0.830. The number of unbranched alkanes of at least 4 members (excludes halogenated alkanes) is 1. The van der Waals surface area contributed by atoms with Crippen molar-refractivity contribution in [3.63, 3.8) is 0 Å². The molecule has 2 saturated heterocycles. The predicted molar refractivity (Wildman–Crippen MR) is 90.0 cm³/mol. The Labute approximate surface area is 134 Å². The summed E-state index contributed by atoms with van der Waals surface area (Å²) in [5.74, 6) is 0.225. The molecule has 3 rings (SSSR count). The summed E-state index contributed by atoms with van der Waals surface area (Å²) >= 11 is 0. The first-order chi connectivity index (χ1) is 10.7. The Morgan fingerprint density at radius 2 is 1.82 bits per heavy atom. The fraction of sp³-hybridized carbons (Fsp3) is 0.632. The molecule has 0 aromatic heterocycles. The summed E-state index contributed by atoms with van der Waals surface area (Å²) in [5, 5.41) is 0. The van der Waals surface area contributed by atoms with Crippen LogP contribution in [0.1, 0.15) is 55.8 Å². The van der Waals surface area contributed by atoms with Crippen molar-refractivity contribution in [1.82, 2.24) is 9.80 Å². The standard InChI is InChI=1S/C19H28N2O/c1-3-4-12-21(19(22)15-8-6-5-7-9-15)18-13-16-10-11-17(14-18)20(16)2/h5-9,16-18H,3-4,10-14H2,1-2H3. The molecule has 2 atom stereocenters. The van der Waals surface area contributed by atoms with E-state index in [9.17, 15) is 4.79 Å². The van der Waals surface area contributed by atoms with Gasteiger partial charge in [-0.25, -0.2) is 0 Å². The maximum atomic E-state index is 13.0. The summed E-state index contributed by atoms with van der Waals surface area (Å²) in [7, 11) is 2.26. The van der Waals surface area contributed by atoms with Gasteiger partial charge in [-0.1, -0.05) is 31.5 Å². The third kappa shape index (κ3) is 3.05. The lowest BCUT2D eigenvalue weighted by Crippen LogP contribution is -2.51. The number of hydrogen-bond donors (Lipinski definition) is 0. The molecule has 2 aliphatic heterocycles. The van der Waals surface area contributed by atoms with Crippen LogP contribution in [0.25, 0.3) is 0 Å². The molecule has 2 bridgehead atoms. The molecule has 22 heavy (non-hydrogen) atoms. The summed E-state index contributed by atoms with van der Waals surface area (Å²) in [5.41, 5.74) is 0.838. The van der Waals surface area contributed by atoms with Crippen LogP contribution in [0.15, 0.2) is 30.3 Å². The summed E-state index contributed by atoms with van der Waals surface area (Å²) in [4.78, 5) is 17.7. The molecule has 0 aliphatic carbocycles. The Balaban J connectivity index is 1.77. The fourth-order valence-corrected chi connectivity index (χ4v) is 4.16. The summed E-state index contributed by atoms with van der Waals surface area (Å²) < 4.78 is 0. The molecule has 2 heterocycles. The fourth-order valence-electron chi connectivity index (χ4n) is 4.16. The summed E-state index contributed by atoms with van der Waals surface area (Å²) in [6.07, 6.45) is 7.14. The first kappa shape index (κ1) is 15.5. The van der Waals surface area contributed by atoms with Crippen LogP contribution in [0.5, 0.6) is 0 Å². The van der Waals surface area contributed by atoms with E-state index in [2.05, 4.69) is 23.8 Å². The first-order valence-electron chi connectivity index (χ1n) is 8.78. The summed E-state index contributed by atoms with van der Waals surface area (Å²) in [6, 6.07) is 11.6. The second-order valence-corrected chi connectivity index (χ2v) is 6.89. The molecule has 0 spiro atoms. The van der Waals surface area contributed by atoms with Gasteiger partial charge >= 0.3 is 0 Å². The highest BCUT2D eigenvalue weighted by Gasteiger charge is 2.41. The van der Waals surface area contributed by atoms with E-state index in [0.717, 1.165) is 37.8 Å². The third-order valence-electron chi connectivity index (χ3n) is 5.55. The second-order valence-electron chi connectivity index (χ2n) is 6.89. The molecule has 2 unspecified atom stereocenters. The van der Waals surface area contributed by atoms with Crippen LogP contribution in [-0.2, 0) is 0 Å². The van der Waals surface area contributed by atoms with Crippen LogP contribution in [0, 0.1) is 0 Å². The third-order valence-corrected chi connectivity index (χ3v) is 5.55. The molecule has 1 aromatic carbocycles. The molecule has 120 valence electrons. The molecule has 3 heteroatoms. The van der Waals surface area contributed by atoms with Crippen LogP contribution in [0.3, 0.4) is 0 Å². The maximum Gasteiger partial charge on any atom is 0.254 e. The number of fused-ring (bicyclic) bond motifs is 2. The van der Waals surface area contributed by atoms with Crippen LogP contribution in [-0.4, -0.2) is 47.4 Å². The zero-order valence-corrected chi connectivity index (χ0v) is 13.9. The van der Waals surface area contributed by atoms with Crippen LogP contribution in [0.4, 0.5) is 0 Å². The topological polar surface area (TPSA) is 23.6 Å². The van der Waals surface area contributed by atoms with Crippen molar-refractivity contribution in [3.8, 4) is 0 Å². The lowest BCUT2D eigenvalue weighted by Gasteiger charge is -2.42. The number of piperidine rings is 1. The van der Waals surface area contributed by atoms with Crippen molar-refractivity contribution in [2.24, 2.45) is 0 Å². The van der Waals surface area contributed by atoms with Crippen LogP contribution in [0.2, 0.25) is 0 Å². The van der Waals surface area contributed by atoms with Gasteiger partial charge in [0.2, 0.25) is 0 Å². The van der Waals surface area contributed by atoms with E-state index in [-0.39, 0.29) is 5.91 Å². The zero-order chi connectivity index (χ0) is 15.5. The smallest absolute Gasteiger partial charge is 0.254 e. The molecular formula is C19H28N2O. The molecular weight excluding hydrogens is 272 g/mol. The largest absolute Gasteiger partial charge is 0.336 e. The average Bonchev–Trinajstić information content (AvgIpc) is 2.77. The molecule has 2 fully saturated rings. The van der Waals surface area contributed by atoms with E-state index in [4.69, 9.17) is 0 Å². The van der Waals surface area contributed by atoms with E-state index in [0.29, 0.717) is 18.1 Å². The van der Waals surface area contributed by atoms with Gasteiger partial charge in [-0.2, -0.15) is 0 Å². The number of carbonyl (C=O) groups is 1. The SMILES string of the molecule is CCCCN(C(=O)c1ccccc1)C1CC2CCC(C1)N2C. The van der Waals surface area contributed by atoms with E-state index >= 15 is 0 Å². The van der Waals surface area contributed by atoms with Gasteiger partial charge < -0.3 is 9.80 Å². The highest BCUT2D eigenvalue weighted by Crippen LogP contribution is 2.36. The van der Waals surface area contributed by atoms with E-state index in [1.807, 2.05) is 30.3 Å². The Morgan fingerprint density at radius 3 is 2.41 bits per heavy atom. The first-order valence-corrected chi connectivity index (χ1v) is 8.78. The monoisotopic (exact) mass is 300 g/mol. The number of hydrogen-bond acceptors (Lipinski definition) is 2. The molecule has 0 N–H and O–H groups in total. The van der Waals surface area contributed by atoms with Gasteiger partial charge in [-0.15, -0.1) is 0 Å². The Hall–Kier alpha value is -1.35. The minimum Gasteiger partial charge on any atom is -0.336 e. The molecule has 2 aliphatic rings. The summed E-state index contributed by atoms with van der Waals surface area (Å²) in [6.45, 7) is 3.10. The number of amides is 1. The van der Waals surface area contributed by atoms with Crippen molar-refractivity contribution in [1.29, 1.82) is 0 Å². The Kier molecular flexibility index (Phi) is 4.82. The van der Waals surface area contributed by atoms with E-state index in [1.165, 1.54) is 12.8 Å². The van der Waals surface area contributed by atoms with Gasteiger partial charge in [0.15, 0.2) is 0 Å². The van der Waals surface area contributed by atoms with Gasteiger partial charge in [0.05, 0.1) is 0 Å². The van der Waals surface area contributed by atoms with Crippen molar-refractivity contribution < 1.29 is 4.79 Å². The molecule has 0 saturated carbocycles. The van der Waals surface area contributed by atoms with Crippen LogP contribution < -0.4 is 0 Å². The average molecular weight is 300 g/mol. The lowest BCUT2D eigenvalue weighted by molar-refractivity contribution is 0.0480.